The minimum Gasteiger partial charge on any atom is -0.480 e. The minimum atomic E-state index is -0.328. The Labute approximate surface area is 126 Å². The smallest absolute Gasteiger partial charge is 0.264 e. The van der Waals surface area contributed by atoms with Gasteiger partial charge in [-0.25, -0.2) is 0 Å². The number of nitrogens with zero attached hydrogens (tertiary/aromatic N) is 1. The first-order valence-corrected chi connectivity index (χ1v) is 7.93. The summed E-state index contributed by atoms with van der Waals surface area (Å²) < 4.78 is 5.84. The van der Waals surface area contributed by atoms with Gasteiger partial charge in [0.1, 0.15) is 5.75 Å². The standard InChI is InChI=1S/C17H24N2O2/c1-3-12-11-19(9-8-14(12)18-2)17(20)16-10-13-6-4-5-7-15(13)21-16/h4-7,12,14,16,18H,3,8-11H2,1-2H3. The van der Waals surface area contributed by atoms with Gasteiger partial charge in [0.05, 0.1) is 0 Å². The zero-order valence-electron chi connectivity index (χ0n) is 12.8. The van der Waals surface area contributed by atoms with E-state index in [0.29, 0.717) is 18.4 Å². The molecule has 0 aliphatic carbocycles. The summed E-state index contributed by atoms with van der Waals surface area (Å²) in [4.78, 5) is 14.7. The third kappa shape index (κ3) is 2.77. The second kappa shape index (κ2) is 6.06. The quantitative estimate of drug-likeness (QED) is 0.923. The Morgan fingerprint density at radius 1 is 1.43 bits per heavy atom. The number of hydrogen-bond donors (Lipinski definition) is 1. The van der Waals surface area contributed by atoms with Crippen molar-refractivity contribution in [1.82, 2.24) is 10.2 Å². The topological polar surface area (TPSA) is 41.6 Å². The van der Waals surface area contributed by atoms with Gasteiger partial charge in [0.2, 0.25) is 0 Å². The summed E-state index contributed by atoms with van der Waals surface area (Å²) in [5.74, 6) is 1.56. The molecule has 1 saturated heterocycles. The van der Waals surface area contributed by atoms with Gasteiger partial charge in [0.15, 0.2) is 6.10 Å². The Morgan fingerprint density at radius 3 is 2.95 bits per heavy atom. The van der Waals surface area contributed by atoms with E-state index in [2.05, 4.69) is 12.2 Å². The maximum atomic E-state index is 12.7. The lowest BCUT2D eigenvalue weighted by Crippen LogP contribution is -2.53. The Kier molecular flexibility index (Phi) is 4.15. The summed E-state index contributed by atoms with van der Waals surface area (Å²) in [6.07, 6.45) is 2.50. The van der Waals surface area contributed by atoms with Crippen molar-refractivity contribution >= 4 is 5.91 Å². The van der Waals surface area contributed by atoms with Gasteiger partial charge in [-0.1, -0.05) is 31.5 Å². The highest BCUT2D eigenvalue weighted by Crippen LogP contribution is 2.30. The Balaban J connectivity index is 1.65. The first-order chi connectivity index (χ1) is 10.2. The van der Waals surface area contributed by atoms with Gasteiger partial charge in [-0.3, -0.25) is 4.79 Å². The summed E-state index contributed by atoms with van der Waals surface area (Å²) in [5.41, 5.74) is 1.15. The van der Waals surface area contributed by atoms with Crippen LogP contribution in [0.3, 0.4) is 0 Å². The number of amides is 1. The van der Waals surface area contributed by atoms with E-state index in [4.69, 9.17) is 4.74 Å². The summed E-state index contributed by atoms with van der Waals surface area (Å²) >= 11 is 0. The molecule has 4 heteroatoms. The number of hydrogen-bond acceptors (Lipinski definition) is 3. The van der Waals surface area contributed by atoms with E-state index in [1.54, 1.807) is 0 Å². The lowest BCUT2D eigenvalue weighted by Gasteiger charge is -2.39. The zero-order valence-corrected chi connectivity index (χ0v) is 12.8. The van der Waals surface area contributed by atoms with Crippen molar-refractivity contribution in [2.24, 2.45) is 5.92 Å². The fourth-order valence-electron chi connectivity index (χ4n) is 3.55. The molecule has 1 fully saturated rings. The average molecular weight is 288 g/mol. The Hall–Kier alpha value is -1.55. The van der Waals surface area contributed by atoms with Crippen LogP contribution >= 0.6 is 0 Å². The third-order valence-electron chi connectivity index (χ3n) is 4.86. The van der Waals surface area contributed by atoms with Gasteiger partial charge in [0, 0.05) is 25.6 Å². The van der Waals surface area contributed by atoms with Gasteiger partial charge in [-0.05, 0) is 31.0 Å². The van der Waals surface area contributed by atoms with Crippen molar-refractivity contribution in [3.8, 4) is 5.75 Å². The van der Waals surface area contributed by atoms with Crippen LogP contribution in [0.1, 0.15) is 25.3 Å². The molecule has 2 aliphatic heterocycles. The summed E-state index contributed by atoms with van der Waals surface area (Å²) in [5, 5.41) is 3.38. The van der Waals surface area contributed by atoms with Crippen LogP contribution in [0.15, 0.2) is 24.3 Å². The molecule has 114 valence electrons. The first-order valence-electron chi connectivity index (χ1n) is 7.93. The number of fused-ring (bicyclic) bond motifs is 1. The number of ether oxygens (including phenoxy) is 1. The van der Waals surface area contributed by atoms with Gasteiger partial charge in [-0.2, -0.15) is 0 Å². The van der Waals surface area contributed by atoms with E-state index in [9.17, 15) is 4.79 Å². The summed E-state index contributed by atoms with van der Waals surface area (Å²) in [6.45, 7) is 3.87. The highest BCUT2D eigenvalue weighted by molar-refractivity contribution is 5.82. The molecule has 2 aliphatic rings. The second-order valence-corrected chi connectivity index (χ2v) is 6.05. The van der Waals surface area contributed by atoms with E-state index >= 15 is 0 Å². The molecular weight excluding hydrogens is 264 g/mol. The van der Waals surface area contributed by atoms with Crippen LogP contribution in [0.2, 0.25) is 0 Å². The monoisotopic (exact) mass is 288 g/mol. The molecule has 1 amide bonds. The SMILES string of the molecule is CCC1CN(C(=O)C2Cc3ccccc3O2)CCC1NC. The van der Waals surface area contributed by atoms with E-state index in [0.717, 1.165) is 37.2 Å². The number of rotatable bonds is 3. The Bertz CT molecular complexity index is 492. The number of likely N-dealkylation sites (tertiary alicyclic amines) is 1. The first kappa shape index (κ1) is 14.4. The summed E-state index contributed by atoms with van der Waals surface area (Å²) in [6, 6.07) is 8.48. The van der Waals surface area contributed by atoms with Crippen molar-refractivity contribution < 1.29 is 9.53 Å². The van der Waals surface area contributed by atoms with Gasteiger partial charge in [-0.15, -0.1) is 0 Å². The number of nitrogens with one attached hydrogen (secondary N) is 1. The molecule has 2 heterocycles. The summed E-state index contributed by atoms with van der Waals surface area (Å²) in [7, 11) is 2.02. The maximum Gasteiger partial charge on any atom is 0.264 e. The average Bonchev–Trinajstić information content (AvgIpc) is 2.97. The fraction of sp³-hybridized carbons (Fsp3) is 0.588. The van der Waals surface area contributed by atoms with Crippen LogP contribution in [-0.4, -0.2) is 43.1 Å². The highest BCUT2D eigenvalue weighted by Gasteiger charge is 2.36. The van der Waals surface area contributed by atoms with E-state index in [1.165, 1.54) is 0 Å². The normalized spacial score (nSPS) is 28.1. The number of carbonyl (C=O) groups is 1. The maximum absolute atomic E-state index is 12.7. The van der Waals surface area contributed by atoms with Gasteiger partial charge < -0.3 is 15.0 Å². The molecule has 3 rings (SSSR count). The lowest BCUT2D eigenvalue weighted by molar-refractivity contribution is -0.140. The van der Waals surface area contributed by atoms with E-state index in [-0.39, 0.29) is 12.0 Å². The van der Waals surface area contributed by atoms with Crippen molar-refractivity contribution in [2.75, 3.05) is 20.1 Å². The van der Waals surface area contributed by atoms with Gasteiger partial charge >= 0.3 is 0 Å². The minimum absolute atomic E-state index is 0.152. The highest BCUT2D eigenvalue weighted by atomic mass is 16.5. The van der Waals surface area contributed by atoms with Crippen LogP contribution < -0.4 is 10.1 Å². The molecule has 1 aromatic carbocycles. The van der Waals surface area contributed by atoms with E-state index < -0.39 is 0 Å². The zero-order chi connectivity index (χ0) is 14.8. The molecule has 1 aromatic rings. The largest absolute Gasteiger partial charge is 0.480 e. The molecule has 3 unspecified atom stereocenters. The molecule has 0 saturated carbocycles. The molecule has 21 heavy (non-hydrogen) atoms. The van der Waals surface area contributed by atoms with Crippen molar-refractivity contribution in [3.63, 3.8) is 0 Å². The van der Waals surface area contributed by atoms with Crippen LogP contribution in [0.4, 0.5) is 0 Å². The predicted molar refractivity (Wildman–Crippen MR) is 82.4 cm³/mol. The van der Waals surface area contributed by atoms with Crippen LogP contribution in [0.25, 0.3) is 0 Å². The van der Waals surface area contributed by atoms with Crippen LogP contribution in [-0.2, 0) is 11.2 Å². The molecule has 0 spiro atoms. The van der Waals surface area contributed by atoms with Crippen molar-refractivity contribution in [2.45, 2.75) is 38.3 Å². The van der Waals surface area contributed by atoms with Crippen molar-refractivity contribution in [3.05, 3.63) is 29.8 Å². The molecule has 0 radical (unpaired) electrons. The molecule has 0 bridgehead atoms. The van der Waals surface area contributed by atoms with Crippen molar-refractivity contribution in [1.29, 1.82) is 0 Å². The van der Waals surface area contributed by atoms with Gasteiger partial charge in [0.25, 0.3) is 5.91 Å². The number of benzene rings is 1. The number of piperidine rings is 1. The lowest BCUT2D eigenvalue weighted by atomic mass is 9.89. The number of para-hydroxylation sites is 1. The van der Waals surface area contributed by atoms with Crippen LogP contribution in [0.5, 0.6) is 5.75 Å². The second-order valence-electron chi connectivity index (χ2n) is 6.05. The molecule has 1 N–H and O–H groups in total. The predicted octanol–water partition coefficient (Wildman–Crippen LogP) is 1.84. The number of carbonyl (C=O) groups excluding carboxylic acids is 1. The molecule has 0 aromatic heterocycles. The molecule has 3 atom stereocenters. The fourth-order valence-corrected chi connectivity index (χ4v) is 3.55. The Morgan fingerprint density at radius 2 is 2.24 bits per heavy atom. The molecular formula is C17H24N2O2. The molecule has 4 nitrogen and oxygen atoms in total. The van der Waals surface area contributed by atoms with Crippen LogP contribution in [0, 0.1) is 5.92 Å². The van der Waals surface area contributed by atoms with E-state index in [1.807, 2.05) is 36.2 Å². The third-order valence-corrected chi connectivity index (χ3v) is 4.86.